The van der Waals surface area contributed by atoms with Crippen LogP contribution in [0.3, 0.4) is 0 Å². The van der Waals surface area contributed by atoms with E-state index in [2.05, 4.69) is 10.3 Å². The molecule has 1 heterocycles. The van der Waals surface area contributed by atoms with E-state index < -0.39 is 0 Å². The molecule has 1 saturated carbocycles. The highest BCUT2D eigenvalue weighted by atomic mass is 16.5. The molecule has 0 bridgehead atoms. The Morgan fingerprint density at radius 3 is 2.79 bits per heavy atom. The summed E-state index contributed by atoms with van der Waals surface area (Å²) >= 11 is 0. The topological polar surface area (TPSA) is 68.3 Å². The number of aryl methyl sites for hydroxylation is 2. The second kappa shape index (κ2) is 9.40. The van der Waals surface area contributed by atoms with Gasteiger partial charge < -0.3 is 10.1 Å². The maximum Gasteiger partial charge on any atom is 0.307 e. The average Bonchev–Trinajstić information content (AvgIpc) is 3.06. The maximum atomic E-state index is 12.0. The molecule has 0 aromatic carbocycles. The molecule has 1 aliphatic rings. The highest BCUT2D eigenvalue weighted by molar-refractivity contribution is 5.80. The van der Waals surface area contributed by atoms with Crippen LogP contribution >= 0.6 is 0 Å². The molecule has 1 amide bonds. The van der Waals surface area contributed by atoms with Crippen LogP contribution in [-0.4, -0.2) is 29.5 Å². The summed E-state index contributed by atoms with van der Waals surface area (Å²) in [6.07, 6.45) is 5.97. The lowest BCUT2D eigenvalue weighted by Gasteiger charge is -2.16. The van der Waals surface area contributed by atoms with Gasteiger partial charge in [-0.25, -0.2) is 0 Å². The van der Waals surface area contributed by atoms with Crippen molar-refractivity contribution in [2.24, 2.45) is 5.92 Å². The number of amides is 1. The van der Waals surface area contributed by atoms with E-state index in [1.165, 1.54) is 0 Å². The van der Waals surface area contributed by atoms with Crippen LogP contribution < -0.4 is 5.32 Å². The number of pyridine rings is 1. The minimum absolute atomic E-state index is 0.0818. The smallest absolute Gasteiger partial charge is 0.307 e. The van der Waals surface area contributed by atoms with Gasteiger partial charge in [-0.3, -0.25) is 14.6 Å². The molecule has 1 aromatic rings. The highest BCUT2D eigenvalue weighted by Gasteiger charge is 2.24. The van der Waals surface area contributed by atoms with Gasteiger partial charge >= 0.3 is 5.97 Å². The lowest BCUT2D eigenvalue weighted by molar-refractivity contribution is -0.144. The monoisotopic (exact) mass is 332 g/mol. The van der Waals surface area contributed by atoms with E-state index in [0.29, 0.717) is 6.61 Å². The first-order chi connectivity index (χ1) is 11.5. The van der Waals surface area contributed by atoms with Crippen LogP contribution in [0.4, 0.5) is 0 Å². The summed E-state index contributed by atoms with van der Waals surface area (Å²) in [5, 5.41) is 2.93. The molecule has 24 heavy (non-hydrogen) atoms. The Balaban J connectivity index is 1.59. The minimum Gasteiger partial charge on any atom is -0.466 e. The van der Waals surface area contributed by atoms with Gasteiger partial charge in [0.1, 0.15) is 0 Å². The van der Waals surface area contributed by atoms with Gasteiger partial charge in [0.25, 0.3) is 0 Å². The summed E-state index contributed by atoms with van der Waals surface area (Å²) < 4.78 is 5.25. The van der Waals surface area contributed by atoms with Crippen molar-refractivity contribution in [1.82, 2.24) is 10.3 Å². The van der Waals surface area contributed by atoms with Gasteiger partial charge in [0.15, 0.2) is 0 Å². The van der Waals surface area contributed by atoms with E-state index in [4.69, 9.17) is 4.74 Å². The Morgan fingerprint density at radius 2 is 2.08 bits per heavy atom. The number of esters is 1. The fourth-order valence-electron chi connectivity index (χ4n) is 3.09. The van der Waals surface area contributed by atoms with Crippen LogP contribution in [0.2, 0.25) is 0 Å². The van der Waals surface area contributed by atoms with E-state index in [9.17, 15) is 9.59 Å². The summed E-state index contributed by atoms with van der Waals surface area (Å²) in [4.78, 5) is 28.3. The number of rotatable bonds is 8. The molecule has 0 spiro atoms. The van der Waals surface area contributed by atoms with Crippen molar-refractivity contribution < 1.29 is 14.3 Å². The molecule has 1 unspecified atom stereocenters. The number of hydrogen-bond donors (Lipinski definition) is 1. The van der Waals surface area contributed by atoms with Gasteiger partial charge in [0, 0.05) is 23.3 Å². The number of carbonyl (C=O) groups is 2. The quantitative estimate of drug-likeness (QED) is 0.587. The number of nitrogens with one attached hydrogen (secondary N) is 1. The number of carbonyl (C=O) groups excluding carboxylic acids is 2. The summed E-state index contributed by atoms with van der Waals surface area (Å²) in [6, 6.07) is 5.75. The average molecular weight is 332 g/mol. The first-order valence-corrected chi connectivity index (χ1v) is 8.93. The van der Waals surface area contributed by atoms with Gasteiger partial charge in [-0.1, -0.05) is 18.9 Å². The van der Waals surface area contributed by atoms with Crippen molar-refractivity contribution in [1.29, 1.82) is 0 Å². The Morgan fingerprint density at radius 1 is 1.33 bits per heavy atom. The van der Waals surface area contributed by atoms with Crippen LogP contribution in [0.5, 0.6) is 0 Å². The first-order valence-electron chi connectivity index (χ1n) is 8.93. The van der Waals surface area contributed by atoms with E-state index in [1.807, 2.05) is 32.0 Å². The molecule has 132 valence electrons. The van der Waals surface area contributed by atoms with Crippen LogP contribution in [0.15, 0.2) is 18.2 Å². The molecule has 1 aromatic heterocycles. The van der Waals surface area contributed by atoms with Crippen molar-refractivity contribution in [3.05, 3.63) is 29.6 Å². The molecule has 0 radical (unpaired) electrons. The Kier molecular flexibility index (Phi) is 7.22. The highest BCUT2D eigenvalue weighted by Crippen LogP contribution is 2.24. The molecule has 0 saturated heterocycles. The van der Waals surface area contributed by atoms with Crippen molar-refractivity contribution in [3.63, 3.8) is 0 Å². The largest absolute Gasteiger partial charge is 0.466 e. The van der Waals surface area contributed by atoms with Gasteiger partial charge in [0.05, 0.1) is 13.0 Å². The van der Waals surface area contributed by atoms with E-state index in [0.717, 1.165) is 49.9 Å². The summed E-state index contributed by atoms with van der Waals surface area (Å²) in [6.45, 7) is 4.20. The maximum absolute atomic E-state index is 12.0. The second-order valence-corrected chi connectivity index (χ2v) is 6.69. The summed E-state index contributed by atoms with van der Waals surface area (Å²) in [7, 11) is 0. The molecule has 5 heteroatoms. The van der Waals surface area contributed by atoms with Gasteiger partial charge in [0.2, 0.25) is 5.91 Å². The fourth-order valence-corrected chi connectivity index (χ4v) is 3.09. The fraction of sp³-hybridized carbons (Fsp3) is 0.632. The molecule has 1 fully saturated rings. The third-order valence-electron chi connectivity index (χ3n) is 4.37. The third-order valence-corrected chi connectivity index (χ3v) is 4.37. The van der Waals surface area contributed by atoms with Crippen molar-refractivity contribution in [2.45, 2.75) is 64.8 Å². The molecular formula is C19H28N2O3. The third kappa shape index (κ3) is 6.30. The number of aromatic nitrogens is 1. The normalized spacial score (nSPS) is 15.9. The molecule has 1 N–H and O–H groups in total. The molecular weight excluding hydrogens is 304 g/mol. The summed E-state index contributed by atoms with van der Waals surface area (Å²) in [5.74, 6) is -0.0463. The van der Waals surface area contributed by atoms with E-state index in [-0.39, 0.29) is 30.3 Å². The molecule has 2 rings (SSSR count). The van der Waals surface area contributed by atoms with Crippen molar-refractivity contribution in [2.75, 3.05) is 6.61 Å². The van der Waals surface area contributed by atoms with Crippen LogP contribution in [-0.2, 0) is 20.7 Å². The van der Waals surface area contributed by atoms with Crippen LogP contribution in [0.1, 0.15) is 56.8 Å². The van der Waals surface area contributed by atoms with Gasteiger partial charge in [-0.05, 0) is 51.7 Å². The molecule has 0 aliphatic heterocycles. The van der Waals surface area contributed by atoms with Crippen molar-refractivity contribution in [3.8, 4) is 0 Å². The van der Waals surface area contributed by atoms with E-state index in [1.54, 1.807) is 0 Å². The molecule has 1 aliphatic carbocycles. The Bertz CT molecular complexity index is 553. The predicted octanol–water partition coefficient (Wildman–Crippen LogP) is 2.95. The zero-order valence-corrected chi connectivity index (χ0v) is 14.7. The number of ether oxygens (including phenoxy) is 1. The number of hydrogen-bond acceptors (Lipinski definition) is 4. The predicted molar refractivity (Wildman–Crippen MR) is 92.4 cm³/mol. The first kappa shape index (κ1) is 18.4. The van der Waals surface area contributed by atoms with Crippen LogP contribution in [0.25, 0.3) is 0 Å². The standard InChI is InChI=1S/C19H28N2O3/c1-14-7-5-10-17(20-14)11-6-12-24-18(22)13-15(2)21-19(23)16-8-3-4-9-16/h5,7,10,15-16H,3-4,6,8-9,11-13H2,1-2H3,(H,21,23). The van der Waals surface area contributed by atoms with Crippen LogP contribution in [0, 0.1) is 12.8 Å². The zero-order chi connectivity index (χ0) is 17.4. The van der Waals surface area contributed by atoms with Crippen molar-refractivity contribution >= 4 is 11.9 Å². The Labute approximate surface area is 144 Å². The van der Waals surface area contributed by atoms with Gasteiger partial charge in [-0.15, -0.1) is 0 Å². The summed E-state index contributed by atoms with van der Waals surface area (Å²) in [5.41, 5.74) is 2.01. The van der Waals surface area contributed by atoms with E-state index >= 15 is 0 Å². The lowest BCUT2D eigenvalue weighted by atomic mass is 10.1. The van der Waals surface area contributed by atoms with Gasteiger partial charge in [-0.2, -0.15) is 0 Å². The Hall–Kier alpha value is -1.91. The SMILES string of the molecule is Cc1cccc(CCCOC(=O)CC(C)NC(=O)C2CCCC2)n1. The zero-order valence-electron chi connectivity index (χ0n) is 14.7. The minimum atomic E-state index is -0.258. The molecule has 1 atom stereocenters. The second-order valence-electron chi connectivity index (χ2n) is 6.69. The number of nitrogens with zero attached hydrogens (tertiary/aromatic N) is 1. The molecule has 5 nitrogen and oxygen atoms in total. The lowest BCUT2D eigenvalue weighted by Crippen LogP contribution is -2.38.